The van der Waals surface area contributed by atoms with Crippen molar-refractivity contribution in [1.82, 2.24) is 0 Å². The normalized spacial score (nSPS) is 12.0. The molecule has 1 unspecified atom stereocenters. The number of carbonyl (C=O) groups excluding carboxylic acids is 2. The zero-order chi connectivity index (χ0) is 23.0. The van der Waals surface area contributed by atoms with E-state index in [0.29, 0.717) is 46.1 Å². The fraction of sp³-hybridized carbons (Fsp3) is 0.917. The summed E-state index contributed by atoms with van der Waals surface area (Å²) < 4.78 is 26.6. The fourth-order valence-electron chi connectivity index (χ4n) is 2.96. The van der Waals surface area contributed by atoms with Crippen LogP contribution in [0.3, 0.4) is 0 Å². The van der Waals surface area contributed by atoms with Gasteiger partial charge in [-0.05, 0) is 19.3 Å². The molecule has 0 aromatic rings. The lowest BCUT2D eigenvalue weighted by atomic mass is 10.00. The van der Waals surface area contributed by atoms with Gasteiger partial charge in [-0.15, -0.1) is 0 Å². The van der Waals surface area contributed by atoms with E-state index in [0.717, 1.165) is 38.5 Å². The van der Waals surface area contributed by atoms with Crippen LogP contribution in [-0.4, -0.2) is 64.8 Å². The summed E-state index contributed by atoms with van der Waals surface area (Å²) in [6, 6.07) is 0. The van der Waals surface area contributed by atoms with Gasteiger partial charge in [0.25, 0.3) is 0 Å². The van der Waals surface area contributed by atoms with Crippen LogP contribution in [0.1, 0.15) is 85.0 Å². The molecule has 0 saturated heterocycles. The maximum absolute atomic E-state index is 11.9. The smallest absolute Gasteiger partial charge is 0.308 e. The highest BCUT2D eigenvalue weighted by Crippen LogP contribution is 2.14. The number of rotatable bonds is 23. The quantitative estimate of drug-likeness (QED) is 0.166. The maximum Gasteiger partial charge on any atom is 0.308 e. The van der Waals surface area contributed by atoms with Crippen molar-refractivity contribution in [2.45, 2.75) is 85.0 Å². The van der Waals surface area contributed by atoms with Crippen LogP contribution < -0.4 is 0 Å². The van der Waals surface area contributed by atoms with E-state index < -0.39 is 0 Å². The van der Waals surface area contributed by atoms with Gasteiger partial charge in [0, 0.05) is 6.42 Å². The van der Waals surface area contributed by atoms with E-state index >= 15 is 0 Å². The minimum absolute atomic E-state index is 0.00218. The third-order valence-corrected chi connectivity index (χ3v) is 4.92. The van der Waals surface area contributed by atoms with Crippen LogP contribution in [0.4, 0.5) is 0 Å². The van der Waals surface area contributed by atoms with Crippen molar-refractivity contribution in [3.8, 4) is 0 Å². The molecule has 184 valence electrons. The van der Waals surface area contributed by atoms with Crippen molar-refractivity contribution in [2.24, 2.45) is 5.92 Å². The SMILES string of the molecule is CCCCCCCC(=O)OCCOCCOCCOCCOC(=O)C(CC)CCCC. The average molecular weight is 447 g/mol. The fourth-order valence-corrected chi connectivity index (χ4v) is 2.96. The number of hydrogen-bond acceptors (Lipinski definition) is 7. The number of ether oxygens (including phenoxy) is 5. The Balaban J connectivity index is 3.32. The lowest BCUT2D eigenvalue weighted by Crippen LogP contribution is -2.20. The zero-order valence-electron chi connectivity index (χ0n) is 20.2. The van der Waals surface area contributed by atoms with E-state index in [1.807, 2.05) is 6.92 Å². The highest BCUT2D eigenvalue weighted by atomic mass is 16.6. The molecule has 0 spiro atoms. The van der Waals surface area contributed by atoms with E-state index in [9.17, 15) is 9.59 Å². The second-order valence-electron chi connectivity index (χ2n) is 7.64. The van der Waals surface area contributed by atoms with E-state index in [1.165, 1.54) is 19.3 Å². The Morgan fingerprint density at radius 2 is 1.13 bits per heavy atom. The number of carbonyl (C=O) groups is 2. The molecule has 0 N–H and O–H groups in total. The Labute approximate surface area is 189 Å². The van der Waals surface area contributed by atoms with Crippen molar-refractivity contribution < 1.29 is 33.3 Å². The van der Waals surface area contributed by atoms with E-state index in [1.54, 1.807) is 0 Å². The molecule has 7 nitrogen and oxygen atoms in total. The second kappa shape index (κ2) is 23.5. The highest BCUT2D eigenvalue weighted by Gasteiger charge is 2.16. The first-order valence-electron chi connectivity index (χ1n) is 12.2. The highest BCUT2D eigenvalue weighted by molar-refractivity contribution is 5.72. The summed E-state index contributed by atoms with van der Waals surface area (Å²) in [6.45, 7) is 9.43. The third-order valence-electron chi connectivity index (χ3n) is 4.92. The molecule has 7 heteroatoms. The molecule has 0 amide bonds. The second-order valence-corrected chi connectivity index (χ2v) is 7.64. The summed E-state index contributed by atoms with van der Waals surface area (Å²) in [4.78, 5) is 23.5. The Morgan fingerprint density at radius 3 is 1.68 bits per heavy atom. The van der Waals surface area contributed by atoms with Gasteiger partial charge >= 0.3 is 11.9 Å². The molecule has 0 aliphatic carbocycles. The lowest BCUT2D eigenvalue weighted by Gasteiger charge is -2.13. The molecule has 0 bridgehead atoms. The van der Waals surface area contributed by atoms with Gasteiger partial charge in [0.05, 0.1) is 45.6 Å². The monoisotopic (exact) mass is 446 g/mol. The summed E-state index contributed by atoms with van der Waals surface area (Å²) in [5, 5.41) is 0. The molecule has 0 saturated carbocycles. The van der Waals surface area contributed by atoms with Crippen molar-refractivity contribution in [3.63, 3.8) is 0 Å². The maximum atomic E-state index is 11.9. The van der Waals surface area contributed by atoms with Crippen LogP contribution in [0, 0.1) is 5.92 Å². The van der Waals surface area contributed by atoms with Crippen molar-refractivity contribution in [3.05, 3.63) is 0 Å². The molecule has 0 aromatic heterocycles. The lowest BCUT2D eigenvalue weighted by molar-refractivity contribution is -0.150. The Kier molecular flexibility index (Phi) is 22.6. The minimum Gasteiger partial charge on any atom is -0.463 e. The summed E-state index contributed by atoms with van der Waals surface area (Å²) in [6.07, 6.45) is 9.94. The Hall–Kier alpha value is -1.18. The van der Waals surface area contributed by atoms with Crippen LogP contribution in [0.25, 0.3) is 0 Å². The standard InChI is InChI=1S/C24H46O7/c1-4-7-9-10-11-13-23(25)30-20-18-28-16-14-27-15-17-29-19-21-31-24(26)22(6-3)12-8-5-2/h22H,4-21H2,1-3H3. The van der Waals surface area contributed by atoms with Crippen LogP contribution in [0.2, 0.25) is 0 Å². The molecule has 0 fully saturated rings. The number of unbranched alkanes of at least 4 members (excludes halogenated alkanes) is 5. The van der Waals surface area contributed by atoms with Gasteiger partial charge in [-0.2, -0.15) is 0 Å². The largest absolute Gasteiger partial charge is 0.463 e. The first-order valence-corrected chi connectivity index (χ1v) is 12.2. The predicted octanol–water partition coefficient (Wildman–Crippen LogP) is 4.70. The topological polar surface area (TPSA) is 80.3 Å². The van der Waals surface area contributed by atoms with Crippen LogP contribution in [0.5, 0.6) is 0 Å². The molecule has 0 heterocycles. The van der Waals surface area contributed by atoms with Gasteiger partial charge in [0.2, 0.25) is 0 Å². The van der Waals surface area contributed by atoms with Gasteiger partial charge in [-0.1, -0.05) is 59.3 Å². The first-order chi connectivity index (χ1) is 15.2. The Morgan fingerprint density at radius 1 is 0.613 bits per heavy atom. The minimum atomic E-state index is -0.148. The van der Waals surface area contributed by atoms with Crippen LogP contribution >= 0.6 is 0 Å². The van der Waals surface area contributed by atoms with Crippen LogP contribution in [-0.2, 0) is 33.3 Å². The zero-order valence-corrected chi connectivity index (χ0v) is 20.2. The summed E-state index contributed by atoms with van der Waals surface area (Å²) in [7, 11) is 0. The average Bonchev–Trinajstić information content (AvgIpc) is 2.77. The molecule has 0 rings (SSSR count). The van der Waals surface area contributed by atoms with Gasteiger partial charge in [-0.3, -0.25) is 9.59 Å². The van der Waals surface area contributed by atoms with Gasteiger partial charge in [0.1, 0.15) is 13.2 Å². The summed E-state index contributed by atoms with van der Waals surface area (Å²) in [5.41, 5.74) is 0. The first kappa shape index (κ1) is 29.8. The molecule has 0 aliphatic rings. The molecule has 0 aromatic carbocycles. The molecule has 31 heavy (non-hydrogen) atoms. The molecular formula is C24H46O7. The van der Waals surface area contributed by atoms with E-state index in [4.69, 9.17) is 23.7 Å². The predicted molar refractivity (Wildman–Crippen MR) is 121 cm³/mol. The van der Waals surface area contributed by atoms with Crippen LogP contribution in [0.15, 0.2) is 0 Å². The van der Waals surface area contributed by atoms with E-state index in [-0.39, 0.29) is 31.1 Å². The van der Waals surface area contributed by atoms with Gasteiger partial charge < -0.3 is 23.7 Å². The van der Waals surface area contributed by atoms with Crippen molar-refractivity contribution in [1.29, 1.82) is 0 Å². The Bertz CT molecular complexity index is 415. The molecule has 0 aliphatic heterocycles. The van der Waals surface area contributed by atoms with Gasteiger partial charge in [0.15, 0.2) is 0 Å². The molecule has 0 radical (unpaired) electrons. The summed E-state index contributed by atoms with van der Waals surface area (Å²) in [5.74, 6) is -0.265. The molecule has 1 atom stereocenters. The number of esters is 2. The van der Waals surface area contributed by atoms with E-state index in [2.05, 4.69) is 13.8 Å². The molecular weight excluding hydrogens is 400 g/mol. The summed E-state index contributed by atoms with van der Waals surface area (Å²) >= 11 is 0. The van der Waals surface area contributed by atoms with Gasteiger partial charge in [-0.25, -0.2) is 0 Å². The number of hydrogen-bond donors (Lipinski definition) is 0. The van der Waals surface area contributed by atoms with Crippen molar-refractivity contribution >= 4 is 11.9 Å². The van der Waals surface area contributed by atoms with Crippen molar-refractivity contribution in [2.75, 3.05) is 52.9 Å². The third kappa shape index (κ3) is 20.5.